The summed E-state index contributed by atoms with van der Waals surface area (Å²) in [5, 5.41) is 1.66. The molecule has 0 aliphatic carbocycles. The van der Waals surface area contributed by atoms with Crippen LogP contribution in [0.15, 0.2) is 29.4 Å². The highest BCUT2D eigenvalue weighted by Gasteiger charge is 2.11. The van der Waals surface area contributed by atoms with E-state index in [1.807, 2.05) is 29.8 Å². The normalized spacial score (nSPS) is 11.8. The lowest BCUT2D eigenvalue weighted by atomic mass is 10.2. The molecule has 0 aliphatic heterocycles. The quantitative estimate of drug-likeness (QED) is 0.333. The van der Waals surface area contributed by atoms with Crippen LogP contribution < -0.4 is 11.3 Å². The molecule has 3 aromatic rings. The van der Waals surface area contributed by atoms with E-state index in [4.69, 9.17) is 17.4 Å². The number of hydrogen-bond donors (Lipinski definition) is 2. The van der Waals surface area contributed by atoms with E-state index < -0.39 is 0 Å². The zero-order valence-electron chi connectivity index (χ0n) is 10.8. The molecule has 102 valence electrons. The molecule has 0 amide bonds. The fourth-order valence-corrected chi connectivity index (χ4v) is 2.41. The Morgan fingerprint density at radius 2 is 2.30 bits per heavy atom. The second kappa shape index (κ2) is 5.07. The average Bonchev–Trinajstić information content (AvgIpc) is 2.76. The minimum atomic E-state index is 0.442. The van der Waals surface area contributed by atoms with Crippen LogP contribution >= 0.6 is 11.6 Å². The second-order valence-corrected chi connectivity index (χ2v) is 4.81. The van der Waals surface area contributed by atoms with Crippen LogP contribution in [0.5, 0.6) is 0 Å². The Morgan fingerprint density at radius 3 is 3.10 bits per heavy atom. The summed E-state index contributed by atoms with van der Waals surface area (Å²) >= 11 is 6.08. The third-order valence-corrected chi connectivity index (χ3v) is 3.39. The van der Waals surface area contributed by atoms with Crippen LogP contribution in [-0.4, -0.2) is 20.9 Å². The number of halogens is 1. The number of fused-ring (bicyclic) bond motifs is 3. The van der Waals surface area contributed by atoms with Crippen LogP contribution in [-0.2, 0) is 13.6 Å². The summed E-state index contributed by atoms with van der Waals surface area (Å²) in [7, 11) is 1.95. The number of nitrogens with one attached hydrogen (secondary N) is 1. The van der Waals surface area contributed by atoms with Gasteiger partial charge in [-0.05, 0) is 18.2 Å². The number of aryl methyl sites for hydroxylation is 1. The first-order valence-electron chi connectivity index (χ1n) is 6.04. The zero-order valence-corrected chi connectivity index (χ0v) is 11.6. The molecule has 0 bridgehead atoms. The van der Waals surface area contributed by atoms with Crippen molar-refractivity contribution in [2.45, 2.75) is 6.54 Å². The Hall–Kier alpha value is -2.18. The molecule has 3 N–H and O–H groups in total. The van der Waals surface area contributed by atoms with Crippen LogP contribution in [0.25, 0.3) is 21.9 Å². The molecule has 0 radical (unpaired) electrons. The maximum atomic E-state index is 6.08. The SMILES string of the molecule is Cn1c(CN=CNN)nc2cnc3ccc(Cl)cc3c21. The van der Waals surface area contributed by atoms with Gasteiger partial charge < -0.3 is 9.99 Å². The van der Waals surface area contributed by atoms with Gasteiger partial charge in [-0.15, -0.1) is 0 Å². The van der Waals surface area contributed by atoms with Crippen molar-refractivity contribution in [1.29, 1.82) is 0 Å². The van der Waals surface area contributed by atoms with Crippen molar-refractivity contribution in [1.82, 2.24) is 20.0 Å². The van der Waals surface area contributed by atoms with E-state index in [9.17, 15) is 0 Å². The minimum absolute atomic E-state index is 0.442. The second-order valence-electron chi connectivity index (χ2n) is 4.38. The number of aliphatic imine (C=N–C) groups is 1. The van der Waals surface area contributed by atoms with E-state index in [1.54, 1.807) is 6.20 Å². The number of hydrogen-bond acceptors (Lipinski definition) is 4. The van der Waals surface area contributed by atoms with Gasteiger partial charge in [0, 0.05) is 17.5 Å². The maximum absolute atomic E-state index is 6.08. The van der Waals surface area contributed by atoms with Gasteiger partial charge in [-0.1, -0.05) is 11.6 Å². The Labute approximate surface area is 120 Å². The highest BCUT2D eigenvalue weighted by molar-refractivity contribution is 6.31. The lowest BCUT2D eigenvalue weighted by Gasteiger charge is -2.03. The van der Waals surface area contributed by atoms with Crippen molar-refractivity contribution in [3.63, 3.8) is 0 Å². The molecule has 3 rings (SSSR count). The Balaban J connectivity index is 2.22. The fourth-order valence-electron chi connectivity index (χ4n) is 2.24. The van der Waals surface area contributed by atoms with Crippen molar-refractivity contribution >= 4 is 39.9 Å². The Bertz CT molecular complexity index is 807. The van der Waals surface area contributed by atoms with Crippen LogP contribution in [0.2, 0.25) is 5.02 Å². The topological polar surface area (TPSA) is 81.1 Å². The number of imidazole rings is 1. The third kappa shape index (κ3) is 2.09. The number of rotatable bonds is 3. The van der Waals surface area contributed by atoms with Gasteiger partial charge in [0.15, 0.2) is 0 Å². The molecular formula is C13H13ClN6. The van der Waals surface area contributed by atoms with Gasteiger partial charge in [-0.3, -0.25) is 9.98 Å². The van der Waals surface area contributed by atoms with E-state index in [2.05, 4.69) is 20.4 Å². The molecule has 7 heteroatoms. The van der Waals surface area contributed by atoms with E-state index in [0.717, 1.165) is 27.8 Å². The average molecular weight is 289 g/mol. The lowest BCUT2D eigenvalue weighted by Crippen LogP contribution is -2.19. The van der Waals surface area contributed by atoms with Crippen molar-refractivity contribution in [3.8, 4) is 0 Å². The monoisotopic (exact) mass is 288 g/mol. The maximum Gasteiger partial charge on any atom is 0.131 e. The summed E-state index contributed by atoms with van der Waals surface area (Å²) in [6, 6.07) is 5.64. The lowest BCUT2D eigenvalue weighted by molar-refractivity contribution is 0.813. The van der Waals surface area contributed by atoms with Crippen LogP contribution in [0.4, 0.5) is 0 Å². The van der Waals surface area contributed by atoms with Gasteiger partial charge in [0.1, 0.15) is 11.3 Å². The van der Waals surface area contributed by atoms with Crippen molar-refractivity contribution < 1.29 is 0 Å². The third-order valence-electron chi connectivity index (χ3n) is 3.15. The van der Waals surface area contributed by atoms with Crippen molar-refractivity contribution in [2.75, 3.05) is 0 Å². The van der Waals surface area contributed by atoms with Gasteiger partial charge in [0.2, 0.25) is 0 Å². The molecule has 0 saturated heterocycles. The number of hydrazine groups is 1. The van der Waals surface area contributed by atoms with Gasteiger partial charge in [-0.2, -0.15) is 0 Å². The van der Waals surface area contributed by atoms with Gasteiger partial charge in [0.05, 0.1) is 30.1 Å². The standard InChI is InChI=1S/C13H13ClN6/c1-20-12(6-16-7-18-15)19-11-5-17-10-3-2-8(14)4-9(10)13(11)20/h2-5,7H,6,15H2,1H3,(H,16,18). The first-order chi connectivity index (χ1) is 9.70. The van der Waals surface area contributed by atoms with Crippen molar-refractivity contribution in [2.24, 2.45) is 17.9 Å². The number of nitrogens with two attached hydrogens (primary N) is 1. The molecular weight excluding hydrogens is 276 g/mol. The highest BCUT2D eigenvalue weighted by Crippen LogP contribution is 2.26. The van der Waals surface area contributed by atoms with Crippen LogP contribution in [0.3, 0.4) is 0 Å². The van der Waals surface area contributed by atoms with E-state index in [1.165, 1.54) is 6.34 Å². The predicted molar refractivity (Wildman–Crippen MR) is 80.5 cm³/mol. The number of benzene rings is 1. The molecule has 0 saturated carbocycles. The summed E-state index contributed by atoms with van der Waals surface area (Å²) in [5.41, 5.74) is 5.09. The molecule has 1 aromatic carbocycles. The number of aromatic nitrogens is 3. The summed E-state index contributed by atoms with van der Waals surface area (Å²) in [6.07, 6.45) is 3.20. The van der Waals surface area contributed by atoms with Crippen LogP contribution in [0.1, 0.15) is 5.82 Å². The van der Waals surface area contributed by atoms with E-state index >= 15 is 0 Å². The smallest absolute Gasteiger partial charge is 0.131 e. The number of pyridine rings is 1. The number of nitrogens with zero attached hydrogens (tertiary/aromatic N) is 4. The summed E-state index contributed by atoms with van der Waals surface area (Å²) in [4.78, 5) is 13.1. The molecule has 2 aromatic heterocycles. The largest absolute Gasteiger partial charge is 0.329 e. The fraction of sp³-hybridized carbons (Fsp3) is 0.154. The van der Waals surface area contributed by atoms with Gasteiger partial charge in [-0.25, -0.2) is 10.8 Å². The molecule has 0 spiro atoms. The molecule has 2 heterocycles. The molecule has 0 unspecified atom stereocenters. The highest BCUT2D eigenvalue weighted by atomic mass is 35.5. The minimum Gasteiger partial charge on any atom is -0.329 e. The summed E-state index contributed by atoms with van der Waals surface area (Å²) < 4.78 is 2.00. The first kappa shape index (κ1) is 12.8. The van der Waals surface area contributed by atoms with Crippen molar-refractivity contribution in [3.05, 3.63) is 35.2 Å². The summed E-state index contributed by atoms with van der Waals surface area (Å²) in [6.45, 7) is 0.442. The summed E-state index contributed by atoms with van der Waals surface area (Å²) in [5.74, 6) is 5.98. The molecule has 20 heavy (non-hydrogen) atoms. The van der Waals surface area contributed by atoms with E-state index in [-0.39, 0.29) is 0 Å². The van der Waals surface area contributed by atoms with Gasteiger partial charge >= 0.3 is 0 Å². The van der Waals surface area contributed by atoms with Crippen LogP contribution in [0, 0.1) is 0 Å². The van der Waals surface area contributed by atoms with Gasteiger partial charge in [0.25, 0.3) is 0 Å². The first-order valence-corrected chi connectivity index (χ1v) is 6.42. The predicted octanol–water partition coefficient (Wildman–Crippen LogP) is 1.77. The Morgan fingerprint density at radius 1 is 1.45 bits per heavy atom. The molecule has 0 aliphatic rings. The molecule has 0 atom stereocenters. The molecule has 0 fully saturated rings. The van der Waals surface area contributed by atoms with E-state index in [0.29, 0.717) is 11.6 Å². The molecule has 6 nitrogen and oxygen atoms in total. The Kier molecular flexibility index (Phi) is 3.25. The zero-order chi connectivity index (χ0) is 14.1.